The molecule has 0 atom stereocenters. The highest BCUT2D eigenvalue weighted by Gasteiger charge is 2.05. The minimum absolute atomic E-state index is 0.397. The van der Waals surface area contributed by atoms with E-state index in [0.717, 1.165) is 17.1 Å². The number of hydrogen-bond acceptors (Lipinski definition) is 2. The fraction of sp³-hybridized carbons (Fsp3) is 0.273. The van der Waals surface area contributed by atoms with E-state index in [2.05, 4.69) is 35.0 Å². The van der Waals surface area contributed by atoms with E-state index >= 15 is 0 Å². The van der Waals surface area contributed by atoms with E-state index in [1.807, 2.05) is 6.07 Å². The summed E-state index contributed by atoms with van der Waals surface area (Å²) in [7, 11) is 0. The van der Waals surface area contributed by atoms with Crippen LogP contribution in [0.2, 0.25) is 0 Å². The fourth-order valence-electron chi connectivity index (χ4n) is 1.62. The average molecular weight is 271 g/mol. The maximum Gasteiger partial charge on any atom is 0.172 e. The molecule has 14 heavy (non-hydrogen) atoms. The fourth-order valence-corrected chi connectivity index (χ4v) is 2.99. The van der Waals surface area contributed by atoms with Gasteiger partial charge in [0.1, 0.15) is 0 Å². The van der Waals surface area contributed by atoms with Gasteiger partial charge in [0.15, 0.2) is 5.06 Å². The zero-order valence-corrected chi connectivity index (χ0v) is 10.3. The second-order valence-corrected chi connectivity index (χ2v) is 4.85. The normalized spacial score (nSPS) is 11.0. The van der Waals surface area contributed by atoms with Crippen LogP contribution >= 0.6 is 27.3 Å². The smallest absolute Gasteiger partial charge is 0.172 e. The van der Waals surface area contributed by atoms with Gasteiger partial charge in [-0.15, -0.1) is 0 Å². The Morgan fingerprint density at radius 3 is 2.71 bits per heavy atom. The Morgan fingerprint density at radius 1 is 1.29 bits per heavy atom. The minimum atomic E-state index is 0.397. The van der Waals surface area contributed by atoms with Crippen LogP contribution in [0.3, 0.4) is 0 Å². The molecule has 0 saturated carbocycles. The lowest BCUT2D eigenvalue weighted by Gasteiger charge is -2.04. The maximum atomic E-state index is 9.39. The highest BCUT2D eigenvalue weighted by molar-refractivity contribution is 9.08. The number of hydrogen-bond donors (Lipinski definition) is 1. The Balaban J connectivity index is 2.68. The number of benzene rings is 1. The molecule has 74 valence electrons. The summed E-state index contributed by atoms with van der Waals surface area (Å²) in [5.74, 6) is 0. The topological polar surface area (TPSA) is 20.2 Å². The molecule has 0 aliphatic rings. The van der Waals surface area contributed by atoms with E-state index in [0.29, 0.717) is 5.06 Å². The van der Waals surface area contributed by atoms with Gasteiger partial charge in [-0.1, -0.05) is 34.2 Å². The molecule has 1 aromatic heterocycles. The van der Waals surface area contributed by atoms with Crippen LogP contribution in [-0.4, -0.2) is 5.11 Å². The number of alkyl halides is 1. The lowest BCUT2D eigenvalue weighted by atomic mass is 10.1. The summed E-state index contributed by atoms with van der Waals surface area (Å²) in [4.78, 5) is 0. The summed E-state index contributed by atoms with van der Waals surface area (Å²) in [6.07, 6.45) is 1.04. The number of aryl methyl sites for hydroxylation is 1. The van der Waals surface area contributed by atoms with Gasteiger partial charge in [0, 0.05) is 10.0 Å². The molecule has 0 bridgehead atoms. The Hall–Kier alpha value is -0.540. The van der Waals surface area contributed by atoms with E-state index in [4.69, 9.17) is 0 Å². The maximum absolute atomic E-state index is 9.39. The first-order valence-electron chi connectivity index (χ1n) is 4.55. The van der Waals surface area contributed by atoms with Crippen LogP contribution in [0.1, 0.15) is 18.1 Å². The number of thiophene rings is 1. The Kier molecular flexibility index (Phi) is 2.79. The van der Waals surface area contributed by atoms with Crippen LogP contribution in [0.15, 0.2) is 18.2 Å². The van der Waals surface area contributed by atoms with E-state index in [1.165, 1.54) is 27.2 Å². The van der Waals surface area contributed by atoms with Gasteiger partial charge < -0.3 is 5.11 Å². The van der Waals surface area contributed by atoms with Gasteiger partial charge in [0.05, 0.1) is 0 Å². The molecule has 0 fully saturated rings. The zero-order valence-electron chi connectivity index (χ0n) is 7.88. The van der Waals surface area contributed by atoms with Crippen LogP contribution in [0.25, 0.3) is 10.1 Å². The van der Waals surface area contributed by atoms with Gasteiger partial charge in [0.2, 0.25) is 0 Å². The summed E-state index contributed by atoms with van der Waals surface area (Å²) >= 11 is 4.92. The summed E-state index contributed by atoms with van der Waals surface area (Å²) in [6.45, 7) is 2.15. The highest BCUT2D eigenvalue weighted by atomic mass is 79.9. The Morgan fingerprint density at radius 2 is 2.07 bits per heavy atom. The SMILES string of the molecule is CCc1cc2sc(O)cc2cc1CBr. The lowest BCUT2D eigenvalue weighted by molar-refractivity contribution is 0.491. The monoisotopic (exact) mass is 270 g/mol. The highest BCUT2D eigenvalue weighted by Crippen LogP contribution is 2.33. The quantitative estimate of drug-likeness (QED) is 0.816. The summed E-state index contributed by atoms with van der Waals surface area (Å²) in [5, 5.41) is 11.8. The molecule has 3 heteroatoms. The van der Waals surface area contributed by atoms with Crippen molar-refractivity contribution in [2.45, 2.75) is 18.7 Å². The molecule has 2 aromatic rings. The van der Waals surface area contributed by atoms with E-state index in [1.54, 1.807) is 0 Å². The van der Waals surface area contributed by atoms with Crippen molar-refractivity contribution in [3.05, 3.63) is 29.3 Å². The minimum Gasteiger partial charge on any atom is -0.499 e. The second-order valence-electron chi connectivity index (χ2n) is 3.23. The summed E-state index contributed by atoms with van der Waals surface area (Å²) < 4.78 is 1.17. The number of halogens is 1. The van der Waals surface area contributed by atoms with Gasteiger partial charge in [0.25, 0.3) is 0 Å². The Labute approximate surface area is 95.5 Å². The molecule has 0 unspecified atom stereocenters. The molecule has 1 heterocycles. The standard InChI is InChI=1S/C11H11BrOS/c1-2-7-4-10-8(3-9(7)6-12)5-11(13)14-10/h3-5,13H,2,6H2,1H3. The van der Waals surface area contributed by atoms with Crippen LogP contribution < -0.4 is 0 Å². The Bertz CT molecular complexity index is 421. The average Bonchev–Trinajstić information content (AvgIpc) is 2.54. The molecular weight excluding hydrogens is 260 g/mol. The van der Waals surface area contributed by atoms with Gasteiger partial charge in [-0.25, -0.2) is 0 Å². The van der Waals surface area contributed by atoms with Gasteiger partial charge >= 0.3 is 0 Å². The molecule has 1 aromatic carbocycles. The van der Waals surface area contributed by atoms with Crippen molar-refractivity contribution in [3.8, 4) is 5.06 Å². The third kappa shape index (κ3) is 1.66. The van der Waals surface area contributed by atoms with Crippen molar-refractivity contribution in [2.75, 3.05) is 0 Å². The number of fused-ring (bicyclic) bond motifs is 1. The molecule has 1 nitrogen and oxygen atoms in total. The molecule has 0 saturated heterocycles. The van der Waals surface area contributed by atoms with E-state index < -0.39 is 0 Å². The molecule has 2 rings (SSSR count). The van der Waals surface area contributed by atoms with Crippen molar-refractivity contribution in [1.29, 1.82) is 0 Å². The van der Waals surface area contributed by atoms with Gasteiger partial charge in [-0.2, -0.15) is 0 Å². The van der Waals surface area contributed by atoms with Crippen LogP contribution in [0.5, 0.6) is 5.06 Å². The van der Waals surface area contributed by atoms with Crippen molar-refractivity contribution >= 4 is 37.4 Å². The van der Waals surface area contributed by atoms with Crippen LogP contribution in [0.4, 0.5) is 0 Å². The van der Waals surface area contributed by atoms with Crippen molar-refractivity contribution in [1.82, 2.24) is 0 Å². The molecule has 0 amide bonds. The molecular formula is C11H11BrOS. The van der Waals surface area contributed by atoms with Crippen molar-refractivity contribution in [3.63, 3.8) is 0 Å². The summed E-state index contributed by atoms with van der Waals surface area (Å²) in [5.41, 5.74) is 2.68. The third-order valence-electron chi connectivity index (χ3n) is 2.35. The molecule has 0 spiro atoms. The molecule has 0 aliphatic heterocycles. The van der Waals surface area contributed by atoms with E-state index in [-0.39, 0.29) is 0 Å². The zero-order chi connectivity index (χ0) is 10.1. The molecule has 1 N–H and O–H groups in total. The number of aromatic hydroxyl groups is 1. The predicted molar refractivity (Wildman–Crippen MR) is 65.5 cm³/mol. The lowest BCUT2D eigenvalue weighted by Crippen LogP contribution is -1.87. The van der Waals surface area contributed by atoms with Gasteiger partial charge in [-0.05, 0) is 41.1 Å². The van der Waals surface area contributed by atoms with Crippen LogP contribution in [0, 0.1) is 0 Å². The number of rotatable bonds is 2. The van der Waals surface area contributed by atoms with Crippen LogP contribution in [-0.2, 0) is 11.8 Å². The first-order chi connectivity index (χ1) is 6.74. The van der Waals surface area contributed by atoms with E-state index in [9.17, 15) is 5.11 Å². The van der Waals surface area contributed by atoms with Crippen molar-refractivity contribution < 1.29 is 5.11 Å². The molecule has 0 radical (unpaired) electrons. The largest absolute Gasteiger partial charge is 0.499 e. The predicted octanol–water partition coefficient (Wildman–Crippen LogP) is 4.06. The first kappa shape index (κ1) is 9.99. The van der Waals surface area contributed by atoms with Gasteiger partial charge in [-0.3, -0.25) is 0 Å². The van der Waals surface area contributed by atoms with Crippen molar-refractivity contribution in [2.24, 2.45) is 0 Å². The second kappa shape index (κ2) is 3.91. The molecule has 0 aliphatic carbocycles. The summed E-state index contributed by atoms with van der Waals surface area (Å²) in [6, 6.07) is 6.15. The first-order valence-corrected chi connectivity index (χ1v) is 6.48. The third-order valence-corrected chi connectivity index (χ3v) is 3.85.